The number of amides is 1. The zero-order valence-corrected chi connectivity index (χ0v) is 18.7. The molecule has 0 saturated carbocycles. The molecule has 11 nitrogen and oxygen atoms in total. The SMILES string of the molecule is C/C(=N/O)c1ccc(O)c2c1C[C@H]1C[C@H]3[C@H](N(C)C)C(O)=C(C(N)=O)C(=O)[C@@]3(O)C(O)=C1C2=O. The van der Waals surface area contributed by atoms with E-state index in [9.17, 15) is 40.0 Å². The molecule has 0 unspecified atom stereocenters. The lowest BCUT2D eigenvalue weighted by Gasteiger charge is -2.50. The molecule has 1 aromatic carbocycles. The Morgan fingerprint density at radius 2 is 1.85 bits per heavy atom. The number of likely N-dealkylation sites (N-methyl/N-ethyl adjacent to an activating group) is 1. The van der Waals surface area contributed by atoms with E-state index in [2.05, 4.69) is 5.16 Å². The lowest BCUT2D eigenvalue weighted by molar-refractivity contribution is -0.148. The Balaban J connectivity index is 1.98. The maximum Gasteiger partial charge on any atom is 0.255 e. The quantitative estimate of drug-likeness (QED) is 0.156. The Hall–Kier alpha value is -3.70. The minimum atomic E-state index is -2.68. The smallest absolute Gasteiger partial charge is 0.255 e. The van der Waals surface area contributed by atoms with E-state index in [1.165, 1.54) is 24.0 Å². The average molecular weight is 471 g/mol. The van der Waals surface area contributed by atoms with Gasteiger partial charge in [-0.1, -0.05) is 5.16 Å². The van der Waals surface area contributed by atoms with Gasteiger partial charge in [-0.15, -0.1) is 0 Å². The zero-order valence-electron chi connectivity index (χ0n) is 18.7. The Morgan fingerprint density at radius 3 is 2.41 bits per heavy atom. The normalized spacial score (nSPS) is 29.2. The van der Waals surface area contributed by atoms with Crippen LogP contribution in [0.3, 0.4) is 0 Å². The van der Waals surface area contributed by atoms with Gasteiger partial charge in [0.1, 0.15) is 22.8 Å². The Kier molecular flexibility index (Phi) is 5.29. The largest absolute Gasteiger partial charge is 0.510 e. The number of aliphatic hydroxyl groups is 3. The molecule has 3 aliphatic rings. The van der Waals surface area contributed by atoms with E-state index in [1.807, 2.05) is 0 Å². The number of carbonyl (C=O) groups is 3. The van der Waals surface area contributed by atoms with Gasteiger partial charge in [0.2, 0.25) is 5.78 Å². The zero-order chi connectivity index (χ0) is 25.3. The van der Waals surface area contributed by atoms with Crippen molar-refractivity contribution in [1.29, 1.82) is 0 Å². The van der Waals surface area contributed by atoms with Crippen LogP contribution in [0.4, 0.5) is 0 Å². The van der Waals surface area contributed by atoms with Crippen LogP contribution < -0.4 is 5.73 Å². The van der Waals surface area contributed by atoms with Gasteiger partial charge in [0.05, 0.1) is 17.3 Å². The number of hydrogen-bond acceptors (Lipinski definition) is 10. The highest BCUT2D eigenvalue weighted by atomic mass is 16.4. The molecule has 180 valence electrons. The Labute approximate surface area is 194 Å². The van der Waals surface area contributed by atoms with Crippen molar-refractivity contribution < 1.29 is 40.0 Å². The highest BCUT2D eigenvalue weighted by molar-refractivity contribution is 6.25. The average Bonchev–Trinajstić information content (AvgIpc) is 2.75. The molecule has 0 aliphatic heterocycles. The molecular formula is C23H25N3O8. The molecule has 0 bridgehead atoms. The molecule has 11 heteroatoms. The van der Waals surface area contributed by atoms with E-state index >= 15 is 0 Å². The molecule has 0 heterocycles. The highest BCUT2D eigenvalue weighted by Crippen LogP contribution is 2.52. The van der Waals surface area contributed by atoms with E-state index in [1.54, 1.807) is 14.1 Å². The van der Waals surface area contributed by atoms with Gasteiger partial charge >= 0.3 is 0 Å². The molecule has 34 heavy (non-hydrogen) atoms. The summed E-state index contributed by atoms with van der Waals surface area (Å²) in [5.41, 5.74) is 2.41. The van der Waals surface area contributed by atoms with Crippen LogP contribution in [0.25, 0.3) is 0 Å². The van der Waals surface area contributed by atoms with Crippen LogP contribution in [0.2, 0.25) is 0 Å². The van der Waals surface area contributed by atoms with Gasteiger partial charge < -0.3 is 31.4 Å². The lowest BCUT2D eigenvalue weighted by atomic mass is 9.58. The first kappa shape index (κ1) is 23.5. The van der Waals surface area contributed by atoms with Crippen LogP contribution in [0, 0.1) is 11.8 Å². The number of carbonyl (C=O) groups excluding carboxylic acids is 3. The van der Waals surface area contributed by atoms with Crippen molar-refractivity contribution in [2.24, 2.45) is 22.7 Å². The number of primary amides is 1. The van der Waals surface area contributed by atoms with Gasteiger partial charge in [0.15, 0.2) is 11.4 Å². The number of nitrogens with two attached hydrogens (primary N) is 1. The predicted molar refractivity (Wildman–Crippen MR) is 118 cm³/mol. The standard InChI is InChI=1S/C23H25N3O8/c1-8(25-34)10-4-5-13(27)15-11(10)6-9-7-12-17(26(2)3)19(29)16(22(24)32)21(31)23(12,33)20(30)14(9)18(15)28/h4-5,9,12,17,27,29-30,33-34H,6-7H2,1-3H3,(H2,24,32)/b25-8-/t9-,12-,17-,23-/m0/s1. The number of oxime groups is 1. The van der Waals surface area contributed by atoms with Crippen LogP contribution in [-0.2, 0) is 16.0 Å². The molecule has 4 atom stereocenters. The number of allylic oxidation sites excluding steroid dienone is 1. The van der Waals surface area contributed by atoms with Crippen LogP contribution in [-0.4, -0.2) is 79.5 Å². The summed E-state index contributed by atoms with van der Waals surface area (Å²) in [4.78, 5) is 40.2. The van der Waals surface area contributed by atoms with Crippen molar-refractivity contribution in [1.82, 2.24) is 4.90 Å². The molecule has 0 spiro atoms. The summed E-state index contributed by atoms with van der Waals surface area (Å²) in [5, 5.41) is 56.3. The third-order valence-electron chi connectivity index (χ3n) is 7.15. The van der Waals surface area contributed by atoms with Crippen molar-refractivity contribution in [3.05, 3.63) is 51.5 Å². The third-order valence-corrected chi connectivity index (χ3v) is 7.15. The molecule has 3 aliphatic carbocycles. The van der Waals surface area contributed by atoms with Gasteiger partial charge in [-0.3, -0.25) is 19.3 Å². The summed E-state index contributed by atoms with van der Waals surface area (Å²) in [6.07, 6.45) is 0.0985. The number of nitrogens with zero attached hydrogens (tertiary/aromatic N) is 2. The summed E-state index contributed by atoms with van der Waals surface area (Å²) >= 11 is 0. The first-order chi connectivity index (χ1) is 15.9. The van der Waals surface area contributed by atoms with Crippen LogP contribution in [0.1, 0.15) is 34.8 Å². The van der Waals surface area contributed by atoms with E-state index in [4.69, 9.17) is 5.73 Å². The second kappa shape index (κ2) is 7.67. The summed E-state index contributed by atoms with van der Waals surface area (Å²) in [6, 6.07) is 1.69. The van der Waals surface area contributed by atoms with Crippen molar-refractivity contribution in [3.8, 4) is 5.75 Å². The lowest BCUT2D eigenvalue weighted by Crippen LogP contribution is -2.63. The summed E-state index contributed by atoms with van der Waals surface area (Å²) in [7, 11) is 3.12. The number of Topliss-reactive ketones (excluding diaryl/α,β-unsaturated/α-hetero) is 2. The van der Waals surface area contributed by atoms with Crippen molar-refractivity contribution >= 4 is 23.2 Å². The van der Waals surface area contributed by atoms with Crippen molar-refractivity contribution in [2.45, 2.75) is 31.4 Å². The third kappa shape index (κ3) is 2.90. The summed E-state index contributed by atoms with van der Waals surface area (Å²) in [6.45, 7) is 1.52. The van der Waals surface area contributed by atoms with Gasteiger partial charge in [-0.2, -0.15) is 0 Å². The number of phenols is 1. The molecule has 1 amide bonds. The second-order valence-electron chi connectivity index (χ2n) is 9.13. The van der Waals surface area contributed by atoms with Crippen LogP contribution in [0.5, 0.6) is 5.75 Å². The van der Waals surface area contributed by atoms with E-state index in [0.717, 1.165) is 0 Å². The number of fused-ring (bicyclic) bond motifs is 3. The number of ketones is 2. The highest BCUT2D eigenvalue weighted by Gasteiger charge is 2.63. The fourth-order valence-electron chi connectivity index (χ4n) is 5.64. The van der Waals surface area contributed by atoms with Crippen molar-refractivity contribution in [3.63, 3.8) is 0 Å². The van der Waals surface area contributed by atoms with Gasteiger partial charge in [0.25, 0.3) is 5.91 Å². The van der Waals surface area contributed by atoms with Gasteiger partial charge in [-0.25, -0.2) is 0 Å². The van der Waals surface area contributed by atoms with Gasteiger partial charge in [0, 0.05) is 17.1 Å². The molecule has 0 fully saturated rings. The number of hydrogen-bond donors (Lipinski definition) is 6. The minimum absolute atomic E-state index is 0.0177. The topological polar surface area (TPSA) is 194 Å². The monoisotopic (exact) mass is 471 g/mol. The second-order valence-corrected chi connectivity index (χ2v) is 9.13. The summed E-state index contributed by atoms with van der Waals surface area (Å²) < 4.78 is 0. The molecular weight excluding hydrogens is 446 g/mol. The molecule has 0 aromatic heterocycles. The summed E-state index contributed by atoms with van der Waals surface area (Å²) in [5.74, 6) is -7.09. The van der Waals surface area contributed by atoms with Crippen molar-refractivity contribution in [2.75, 3.05) is 14.1 Å². The first-order valence-electron chi connectivity index (χ1n) is 10.6. The Morgan fingerprint density at radius 1 is 1.21 bits per heavy atom. The molecule has 0 saturated heterocycles. The van der Waals surface area contributed by atoms with E-state index in [-0.39, 0.29) is 35.4 Å². The number of aromatic hydroxyl groups is 1. The fourth-order valence-corrected chi connectivity index (χ4v) is 5.64. The van der Waals surface area contributed by atoms with E-state index in [0.29, 0.717) is 11.1 Å². The maximum absolute atomic E-state index is 13.5. The fraction of sp³-hybridized carbons (Fsp3) is 0.391. The molecule has 0 radical (unpaired) electrons. The molecule has 7 N–H and O–H groups in total. The predicted octanol–water partition coefficient (Wildman–Crippen LogP) is 0.319. The van der Waals surface area contributed by atoms with Crippen LogP contribution >= 0.6 is 0 Å². The van der Waals surface area contributed by atoms with Gasteiger partial charge in [-0.05, 0) is 57.5 Å². The number of aliphatic hydroxyl groups excluding tert-OH is 2. The van der Waals surface area contributed by atoms with Crippen LogP contribution in [0.15, 0.2) is 40.0 Å². The number of phenolic OH excluding ortho intramolecular Hbond substituents is 1. The number of benzene rings is 1. The molecule has 1 aromatic rings. The van der Waals surface area contributed by atoms with E-state index < -0.39 is 58.0 Å². The Bertz CT molecular complexity index is 1240. The minimum Gasteiger partial charge on any atom is -0.510 e. The first-order valence-corrected chi connectivity index (χ1v) is 10.6. The number of rotatable bonds is 3. The maximum atomic E-state index is 13.5. The molecule has 4 rings (SSSR count).